The van der Waals surface area contributed by atoms with Gasteiger partial charge >= 0.3 is 5.91 Å². The van der Waals surface area contributed by atoms with Crippen molar-refractivity contribution in [2.24, 2.45) is 0 Å². The van der Waals surface area contributed by atoms with Gasteiger partial charge in [-0.1, -0.05) is 36.1 Å². The lowest BCUT2D eigenvalue weighted by Crippen LogP contribution is -2.29. The molecule has 4 aromatic rings. The first-order valence-corrected chi connectivity index (χ1v) is 12.9. The van der Waals surface area contributed by atoms with Crippen LogP contribution in [0.5, 0.6) is 17.2 Å². The van der Waals surface area contributed by atoms with Crippen molar-refractivity contribution in [3.8, 4) is 17.2 Å². The molecule has 1 unspecified atom stereocenters. The molecule has 8 nitrogen and oxygen atoms in total. The third kappa shape index (κ3) is 4.72. The molecule has 2 heterocycles. The number of ether oxygens (including phenoxy) is 3. The van der Waals surface area contributed by atoms with Gasteiger partial charge in [-0.05, 0) is 66.6 Å². The summed E-state index contributed by atoms with van der Waals surface area (Å²) in [6.45, 7) is 5.80. The van der Waals surface area contributed by atoms with Gasteiger partial charge in [0.25, 0.3) is 5.78 Å². The van der Waals surface area contributed by atoms with Gasteiger partial charge in [-0.15, -0.1) is 0 Å². The summed E-state index contributed by atoms with van der Waals surface area (Å²) >= 11 is 1.26. The number of ketones is 1. The van der Waals surface area contributed by atoms with Gasteiger partial charge in [0, 0.05) is 5.56 Å². The SMILES string of the molecule is C=CCOc1cccc(C2/C(=C(\O)c3ccc(OC)c(C)c3)C(=O)C(=O)N2c2nc3ccc(OC)cc3s2)c1. The van der Waals surface area contributed by atoms with E-state index in [1.807, 2.05) is 13.0 Å². The summed E-state index contributed by atoms with van der Waals surface area (Å²) in [6.07, 6.45) is 1.63. The van der Waals surface area contributed by atoms with Gasteiger partial charge in [0.1, 0.15) is 29.6 Å². The van der Waals surface area contributed by atoms with Crippen LogP contribution in [-0.2, 0) is 9.59 Å². The van der Waals surface area contributed by atoms with Crippen molar-refractivity contribution >= 4 is 44.1 Å². The number of Topliss-reactive ketones (excluding diaryl/α,β-unsaturated/α-hetero) is 1. The van der Waals surface area contributed by atoms with Crippen LogP contribution >= 0.6 is 11.3 Å². The zero-order valence-electron chi connectivity index (χ0n) is 21.6. The van der Waals surface area contributed by atoms with Gasteiger partial charge < -0.3 is 19.3 Å². The number of aromatic nitrogens is 1. The zero-order chi connectivity index (χ0) is 27.7. The van der Waals surface area contributed by atoms with Crippen LogP contribution in [0.15, 0.2) is 78.9 Å². The maximum atomic E-state index is 13.6. The molecule has 0 spiro atoms. The van der Waals surface area contributed by atoms with Gasteiger partial charge in [0.05, 0.1) is 36.1 Å². The maximum Gasteiger partial charge on any atom is 0.301 e. The molecule has 0 radical (unpaired) electrons. The second-order valence-electron chi connectivity index (χ2n) is 8.86. The van der Waals surface area contributed by atoms with E-state index in [1.165, 1.54) is 16.2 Å². The minimum atomic E-state index is -0.942. The topological polar surface area (TPSA) is 98.2 Å². The number of hydrogen-bond acceptors (Lipinski definition) is 8. The number of aliphatic hydroxyl groups excluding tert-OH is 1. The Kier molecular flexibility index (Phi) is 7.08. The molecule has 5 rings (SSSR count). The van der Waals surface area contributed by atoms with Crippen LogP contribution < -0.4 is 19.1 Å². The van der Waals surface area contributed by atoms with Gasteiger partial charge in [0.15, 0.2) is 5.13 Å². The first kappa shape index (κ1) is 26.0. The van der Waals surface area contributed by atoms with Crippen LogP contribution in [0, 0.1) is 6.92 Å². The number of aliphatic hydroxyl groups is 1. The smallest absolute Gasteiger partial charge is 0.301 e. The van der Waals surface area contributed by atoms with E-state index < -0.39 is 17.7 Å². The zero-order valence-corrected chi connectivity index (χ0v) is 22.5. The maximum absolute atomic E-state index is 13.6. The Balaban J connectivity index is 1.70. The number of aryl methyl sites for hydroxylation is 1. The first-order valence-electron chi connectivity index (χ1n) is 12.1. The van der Waals surface area contributed by atoms with Crippen molar-refractivity contribution in [1.29, 1.82) is 0 Å². The first-order chi connectivity index (χ1) is 18.9. The van der Waals surface area contributed by atoms with Crippen LogP contribution in [0.3, 0.4) is 0 Å². The normalized spacial score (nSPS) is 16.5. The second kappa shape index (κ2) is 10.6. The Morgan fingerprint density at radius 3 is 2.62 bits per heavy atom. The molecule has 1 fully saturated rings. The number of fused-ring (bicyclic) bond motifs is 1. The molecular weight excluding hydrogens is 516 g/mol. The fourth-order valence-electron chi connectivity index (χ4n) is 4.58. The van der Waals surface area contributed by atoms with E-state index in [-0.39, 0.29) is 17.9 Å². The lowest BCUT2D eigenvalue weighted by molar-refractivity contribution is -0.132. The van der Waals surface area contributed by atoms with Crippen molar-refractivity contribution in [3.63, 3.8) is 0 Å². The summed E-state index contributed by atoms with van der Waals surface area (Å²) in [5.74, 6) is -0.0478. The van der Waals surface area contributed by atoms with Crippen LogP contribution in [-0.4, -0.2) is 42.6 Å². The van der Waals surface area contributed by atoms with Crippen LogP contribution in [0.1, 0.15) is 22.7 Å². The molecule has 9 heteroatoms. The Bertz CT molecular complexity index is 1640. The molecule has 1 atom stereocenters. The van der Waals surface area contributed by atoms with E-state index >= 15 is 0 Å². The molecule has 1 aliphatic heterocycles. The fraction of sp³-hybridized carbons (Fsp3) is 0.167. The molecule has 0 saturated carbocycles. The lowest BCUT2D eigenvalue weighted by Gasteiger charge is -2.23. The van der Waals surface area contributed by atoms with Crippen LogP contribution in [0.25, 0.3) is 16.0 Å². The summed E-state index contributed by atoms with van der Waals surface area (Å²) in [5, 5.41) is 11.8. The van der Waals surface area contributed by atoms with Gasteiger partial charge in [-0.3, -0.25) is 14.5 Å². The van der Waals surface area contributed by atoms with E-state index in [9.17, 15) is 14.7 Å². The van der Waals surface area contributed by atoms with E-state index in [1.54, 1.807) is 74.9 Å². The number of methoxy groups -OCH3 is 2. The van der Waals surface area contributed by atoms with Crippen LogP contribution in [0.4, 0.5) is 5.13 Å². The molecule has 3 aromatic carbocycles. The number of anilines is 1. The predicted octanol–water partition coefficient (Wildman–Crippen LogP) is 5.81. The third-order valence-corrected chi connectivity index (χ3v) is 7.46. The number of hydrogen-bond donors (Lipinski definition) is 1. The quantitative estimate of drug-likeness (QED) is 0.130. The number of amides is 1. The molecule has 1 saturated heterocycles. The monoisotopic (exact) mass is 542 g/mol. The Hall–Kier alpha value is -4.63. The minimum absolute atomic E-state index is 0.0396. The second-order valence-corrected chi connectivity index (χ2v) is 9.86. The molecule has 39 heavy (non-hydrogen) atoms. The van der Waals surface area contributed by atoms with E-state index in [0.29, 0.717) is 39.0 Å². The van der Waals surface area contributed by atoms with E-state index in [0.717, 1.165) is 10.3 Å². The largest absolute Gasteiger partial charge is 0.507 e. The average Bonchev–Trinajstić information content (AvgIpc) is 3.48. The molecule has 198 valence electrons. The van der Waals surface area contributed by atoms with Gasteiger partial charge in [-0.2, -0.15) is 0 Å². The summed E-state index contributed by atoms with van der Waals surface area (Å²) in [5.41, 5.74) is 2.36. The summed E-state index contributed by atoms with van der Waals surface area (Å²) < 4.78 is 17.2. The number of carbonyl (C=O) groups is 2. The minimum Gasteiger partial charge on any atom is -0.507 e. The molecule has 1 aliphatic rings. The number of benzene rings is 3. The van der Waals surface area contributed by atoms with Crippen molar-refractivity contribution in [2.75, 3.05) is 25.7 Å². The highest BCUT2D eigenvalue weighted by molar-refractivity contribution is 7.22. The number of nitrogens with zero attached hydrogens (tertiary/aromatic N) is 2. The highest BCUT2D eigenvalue weighted by Gasteiger charge is 2.48. The van der Waals surface area contributed by atoms with Gasteiger partial charge in [0.2, 0.25) is 0 Å². The lowest BCUT2D eigenvalue weighted by atomic mass is 9.94. The summed E-state index contributed by atoms with van der Waals surface area (Å²) in [4.78, 5) is 33.1. The highest BCUT2D eigenvalue weighted by Crippen LogP contribution is 2.45. The van der Waals surface area contributed by atoms with Crippen molar-refractivity contribution in [1.82, 2.24) is 4.98 Å². The molecule has 1 N–H and O–H groups in total. The number of carbonyl (C=O) groups excluding carboxylic acids is 2. The number of rotatable bonds is 8. The van der Waals surface area contributed by atoms with Crippen molar-refractivity contribution in [3.05, 3.63) is 95.6 Å². The van der Waals surface area contributed by atoms with Crippen molar-refractivity contribution in [2.45, 2.75) is 13.0 Å². The Morgan fingerprint density at radius 1 is 1.08 bits per heavy atom. The molecular formula is C30H26N2O6S. The molecule has 1 amide bonds. The molecule has 0 aliphatic carbocycles. The predicted molar refractivity (Wildman–Crippen MR) is 151 cm³/mol. The molecule has 0 bridgehead atoms. The van der Waals surface area contributed by atoms with Crippen LogP contribution in [0.2, 0.25) is 0 Å². The average molecular weight is 543 g/mol. The highest BCUT2D eigenvalue weighted by atomic mass is 32.1. The Labute approximate surface area is 229 Å². The number of thiazole rings is 1. The summed E-state index contributed by atoms with van der Waals surface area (Å²) in [7, 11) is 3.13. The van der Waals surface area contributed by atoms with E-state index in [2.05, 4.69) is 11.6 Å². The van der Waals surface area contributed by atoms with Gasteiger partial charge in [-0.25, -0.2) is 4.98 Å². The molecule has 1 aromatic heterocycles. The Morgan fingerprint density at radius 2 is 1.90 bits per heavy atom. The fourth-order valence-corrected chi connectivity index (χ4v) is 5.60. The third-order valence-electron chi connectivity index (χ3n) is 6.44. The summed E-state index contributed by atoms with van der Waals surface area (Å²) in [6, 6.07) is 16.6. The van der Waals surface area contributed by atoms with Crippen molar-refractivity contribution < 1.29 is 28.9 Å². The standard InChI is InChI=1S/C30H26N2O6S/c1-5-13-38-21-8-6-7-18(15-21)26-25(27(33)19-9-12-23(37-4)17(2)14-19)28(34)29(35)32(26)30-31-22-11-10-20(36-3)16-24(22)39-30/h5-12,14-16,26,33H,1,13H2,2-4H3/b27-25+. The van der Waals surface area contributed by atoms with E-state index in [4.69, 9.17) is 14.2 Å².